The van der Waals surface area contributed by atoms with Crippen molar-refractivity contribution in [2.45, 2.75) is 45.7 Å². The maximum Gasteiger partial charge on any atom is 0.251 e. The molecule has 1 aliphatic rings. The Labute approximate surface area is 109 Å². The first-order chi connectivity index (χ1) is 8.58. The van der Waals surface area contributed by atoms with Crippen LogP contribution in [0.2, 0.25) is 0 Å². The summed E-state index contributed by atoms with van der Waals surface area (Å²) in [6.07, 6.45) is 2.19. The highest BCUT2D eigenvalue weighted by Crippen LogP contribution is 2.13. The van der Waals surface area contributed by atoms with Crippen molar-refractivity contribution < 1.29 is 4.79 Å². The normalized spacial score (nSPS) is 23.7. The molecule has 3 heteroatoms. The van der Waals surface area contributed by atoms with Gasteiger partial charge >= 0.3 is 0 Å². The second-order valence-corrected chi connectivity index (χ2v) is 5.28. The minimum Gasteiger partial charge on any atom is -0.348 e. The predicted molar refractivity (Wildman–Crippen MR) is 73.9 cm³/mol. The lowest BCUT2D eigenvalue weighted by atomic mass is 9.98. The Morgan fingerprint density at radius 3 is 2.89 bits per heavy atom. The quantitative estimate of drug-likeness (QED) is 0.839. The Bertz CT molecular complexity index is 442. The van der Waals surface area contributed by atoms with E-state index < -0.39 is 0 Å². The number of rotatable bonds is 2. The van der Waals surface area contributed by atoms with Gasteiger partial charge in [0.15, 0.2) is 0 Å². The van der Waals surface area contributed by atoms with Crippen molar-refractivity contribution in [1.82, 2.24) is 10.6 Å². The summed E-state index contributed by atoms with van der Waals surface area (Å²) in [4.78, 5) is 12.3. The van der Waals surface area contributed by atoms with E-state index in [0.29, 0.717) is 6.04 Å². The van der Waals surface area contributed by atoms with Gasteiger partial charge in [-0.1, -0.05) is 17.7 Å². The molecule has 1 aromatic carbocycles. The van der Waals surface area contributed by atoms with Crippen molar-refractivity contribution in [2.24, 2.45) is 0 Å². The molecule has 0 aliphatic carbocycles. The van der Waals surface area contributed by atoms with E-state index >= 15 is 0 Å². The Morgan fingerprint density at radius 2 is 2.17 bits per heavy atom. The fourth-order valence-corrected chi connectivity index (χ4v) is 2.47. The first-order valence-corrected chi connectivity index (χ1v) is 6.69. The van der Waals surface area contributed by atoms with Crippen LogP contribution in [0.3, 0.4) is 0 Å². The van der Waals surface area contributed by atoms with Gasteiger partial charge in [-0.25, -0.2) is 0 Å². The molecular formula is C15H22N2O. The molecule has 1 aliphatic heterocycles. The van der Waals surface area contributed by atoms with Crippen molar-refractivity contribution in [2.75, 3.05) is 6.54 Å². The van der Waals surface area contributed by atoms with E-state index in [-0.39, 0.29) is 11.9 Å². The SMILES string of the molecule is Cc1ccc(C)c(C(=O)NC2CCCNC2C)c1. The summed E-state index contributed by atoms with van der Waals surface area (Å²) < 4.78 is 0. The molecule has 18 heavy (non-hydrogen) atoms. The molecule has 1 aromatic rings. The number of hydrogen-bond donors (Lipinski definition) is 2. The smallest absolute Gasteiger partial charge is 0.251 e. The summed E-state index contributed by atoms with van der Waals surface area (Å²) in [5.41, 5.74) is 2.96. The highest BCUT2D eigenvalue weighted by atomic mass is 16.1. The minimum absolute atomic E-state index is 0.0525. The summed E-state index contributed by atoms with van der Waals surface area (Å²) >= 11 is 0. The Kier molecular flexibility index (Phi) is 4.02. The number of amides is 1. The van der Waals surface area contributed by atoms with Gasteiger partial charge in [-0.15, -0.1) is 0 Å². The highest BCUT2D eigenvalue weighted by Gasteiger charge is 2.23. The molecule has 0 bridgehead atoms. The number of hydrogen-bond acceptors (Lipinski definition) is 2. The van der Waals surface area contributed by atoms with Gasteiger partial charge in [-0.05, 0) is 51.8 Å². The van der Waals surface area contributed by atoms with Crippen LogP contribution < -0.4 is 10.6 Å². The van der Waals surface area contributed by atoms with Crippen LogP contribution in [0.25, 0.3) is 0 Å². The van der Waals surface area contributed by atoms with E-state index in [4.69, 9.17) is 0 Å². The first-order valence-electron chi connectivity index (χ1n) is 6.69. The number of aryl methyl sites for hydroxylation is 2. The average molecular weight is 246 g/mol. The Morgan fingerprint density at radius 1 is 1.39 bits per heavy atom. The molecular weight excluding hydrogens is 224 g/mol. The van der Waals surface area contributed by atoms with Crippen LogP contribution in [-0.4, -0.2) is 24.5 Å². The molecule has 98 valence electrons. The molecule has 0 saturated carbocycles. The van der Waals surface area contributed by atoms with Crippen LogP contribution in [0.15, 0.2) is 18.2 Å². The molecule has 0 spiro atoms. The van der Waals surface area contributed by atoms with Gasteiger partial charge < -0.3 is 10.6 Å². The van der Waals surface area contributed by atoms with Crippen LogP contribution >= 0.6 is 0 Å². The summed E-state index contributed by atoms with van der Waals surface area (Å²) in [5, 5.41) is 6.55. The fraction of sp³-hybridized carbons (Fsp3) is 0.533. The summed E-state index contributed by atoms with van der Waals surface area (Å²) in [6.45, 7) is 7.18. The zero-order chi connectivity index (χ0) is 13.1. The second-order valence-electron chi connectivity index (χ2n) is 5.28. The van der Waals surface area contributed by atoms with Gasteiger partial charge in [0.25, 0.3) is 5.91 Å². The number of carbonyl (C=O) groups excluding carboxylic acids is 1. The van der Waals surface area contributed by atoms with E-state index in [2.05, 4.69) is 17.6 Å². The van der Waals surface area contributed by atoms with E-state index in [1.54, 1.807) is 0 Å². The molecule has 2 rings (SSSR count). The topological polar surface area (TPSA) is 41.1 Å². The van der Waals surface area contributed by atoms with Crippen LogP contribution in [0.5, 0.6) is 0 Å². The maximum absolute atomic E-state index is 12.3. The van der Waals surface area contributed by atoms with Crippen molar-refractivity contribution in [3.8, 4) is 0 Å². The molecule has 2 atom stereocenters. The molecule has 1 amide bonds. The molecule has 2 unspecified atom stereocenters. The highest BCUT2D eigenvalue weighted by molar-refractivity contribution is 5.96. The summed E-state index contributed by atoms with van der Waals surface area (Å²) in [6, 6.07) is 6.61. The van der Waals surface area contributed by atoms with Crippen molar-refractivity contribution in [3.63, 3.8) is 0 Å². The molecule has 0 aromatic heterocycles. The lowest BCUT2D eigenvalue weighted by Crippen LogP contribution is -2.52. The van der Waals surface area contributed by atoms with Gasteiger partial charge in [0.2, 0.25) is 0 Å². The van der Waals surface area contributed by atoms with E-state index in [9.17, 15) is 4.79 Å². The molecule has 2 N–H and O–H groups in total. The Balaban J connectivity index is 2.09. The zero-order valence-electron chi connectivity index (χ0n) is 11.4. The molecule has 1 fully saturated rings. The molecule has 1 saturated heterocycles. The first kappa shape index (κ1) is 13.1. The molecule has 3 nitrogen and oxygen atoms in total. The van der Waals surface area contributed by atoms with Crippen LogP contribution in [-0.2, 0) is 0 Å². The number of carbonyl (C=O) groups is 1. The second kappa shape index (κ2) is 5.53. The Hall–Kier alpha value is -1.35. The minimum atomic E-state index is 0.0525. The van der Waals surface area contributed by atoms with E-state index in [1.165, 1.54) is 0 Å². The number of nitrogens with one attached hydrogen (secondary N) is 2. The molecule has 0 radical (unpaired) electrons. The maximum atomic E-state index is 12.3. The van der Waals surface area contributed by atoms with Crippen LogP contribution in [0, 0.1) is 13.8 Å². The zero-order valence-corrected chi connectivity index (χ0v) is 11.4. The van der Waals surface area contributed by atoms with Crippen molar-refractivity contribution in [1.29, 1.82) is 0 Å². The van der Waals surface area contributed by atoms with Gasteiger partial charge in [-0.2, -0.15) is 0 Å². The monoisotopic (exact) mass is 246 g/mol. The fourth-order valence-electron chi connectivity index (χ4n) is 2.47. The number of piperidine rings is 1. The predicted octanol–water partition coefficient (Wildman–Crippen LogP) is 2.17. The van der Waals surface area contributed by atoms with Crippen LogP contribution in [0.1, 0.15) is 41.3 Å². The average Bonchev–Trinajstić information content (AvgIpc) is 2.35. The molecule has 1 heterocycles. The van der Waals surface area contributed by atoms with Crippen molar-refractivity contribution >= 4 is 5.91 Å². The summed E-state index contributed by atoms with van der Waals surface area (Å²) in [5.74, 6) is 0.0525. The lowest BCUT2D eigenvalue weighted by Gasteiger charge is -2.30. The van der Waals surface area contributed by atoms with E-state index in [0.717, 1.165) is 36.1 Å². The largest absolute Gasteiger partial charge is 0.348 e. The lowest BCUT2D eigenvalue weighted by molar-refractivity contribution is 0.0919. The van der Waals surface area contributed by atoms with E-state index in [1.807, 2.05) is 32.0 Å². The van der Waals surface area contributed by atoms with Gasteiger partial charge in [0.05, 0.1) is 0 Å². The van der Waals surface area contributed by atoms with Crippen LogP contribution in [0.4, 0.5) is 0 Å². The van der Waals surface area contributed by atoms with Crippen molar-refractivity contribution in [3.05, 3.63) is 34.9 Å². The number of benzene rings is 1. The third-order valence-electron chi connectivity index (χ3n) is 3.72. The van der Waals surface area contributed by atoms with Gasteiger partial charge in [0.1, 0.15) is 0 Å². The third kappa shape index (κ3) is 2.91. The summed E-state index contributed by atoms with van der Waals surface area (Å²) in [7, 11) is 0. The third-order valence-corrected chi connectivity index (χ3v) is 3.72. The van der Waals surface area contributed by atoms with Gasteiger partial charge in [0, 0.05) is 17.6 Å². The van der Waals surface area contributed by atoms with Gasteiger partial charge in [-0.3, -0.25) is 4.79 Å². The standard InChI is InChI=1S/C15H22N2O/c1-10-6-7-11(2)13(9-10)15(18)17-14-5-4-8-16-12(14)3/h6-7,9,12,14,16H,4-5,8H2,1-3H3,(H,17,18).